The summed E-state index contributed by atoms with van der Waals surface area (Å²) in [4.78, 5) is 33.7. The summed E-state index contributed by atoms with van der Waals surface area (Å²) >= 11 is 1.20. The fourth-order valence-electron chi connectivity index (χ4n) is 4.21. The molecular weight excluding hydrogens is 542 g/mol. The number of hydrogen-bond donors (Lipinski definition) is 2. The van der Waals surface area contributed by atoms with Crippen molar-refractivity contribution in [1.29, 1.82) is 0 Å². The van der Waals surface area contributed by atoms with Gasteiger partial charge in [-0.1, -0.05) is 0 Å². The van der Waals surface area contributed by atoms with Gasteiger partial charge in [-0.05, 0) is 38.8 Å². The van der Waals surface area contributed by atoms with Gasteiger partial charge in [-0.2, -0.15) is 0 Å². The third kappa shape index (κ3) is 6.87. The average Bonchev–Trinajstić information content (AvgIpc) is 3.68. The van der Waals surface area contributed by atoms with Gasteiger partial charge in [0.05, 0.1) is 59.8 Å². The van der Waals surface area contributed by atoms with Crippen LogP contribution in [0.1, 0.15) is 48.2 Å². The van der Waals surface area contributed by atoms with Gasteiger partial charge in [0.25, 0.3) is 5.91 Å². The first-order chi connectivity index (χ1) is 18.8. The van der Waals surface area contributed by atoms with Crippen LogP contribution >= 0.6 is 11.3 Å². The van der Waals surface area contributed by atoms with Gasteiger partial charge >= 0.3 is 0 Å². The molecule has 1 saturated heterocycles. The Hall–Kier alpha value is -3.20. The summed E-state index contributed by atoms with van der Waals surface area (Å²) in [5.74, 6) is 0.0363. The van der Waals surface area contributed by atoms with E-state index in [0.717, 1.165) is 0 Å². The van der Waals surface area contributed by atoms with E-state index < -0.39 is 16.1 Å². The van der Waals surface area contributed by atoms with E-state index in [0.29, 0.717) is 73.6 Å². The van der Waals surface area contributed by atoms with Crippen LogP contribution in [0.15, 0.2) is 36.9 Å². The van der Waals surface area contributed by atoms with E-state index in [4.69, 9.17) is 9.47 Å². The van der Waals surface area contributed by atoms with E-state index in [1.54, 1.807) is 30.7 Å². The number of hydrogen-bond acceptors (Lipinski definition) is 11. The zero-order valence-corrected chi connectivity index (χ0v) is 23.4. The highest BCUT2D eigenvalue weighted by atomic mass is 32.2. The number of aromatic nitrogens is 4. The molecule has 2 fully saturated rings. The number of ether oxygens (including phenoxy) is 2. The van der Waals surface area contributed by atoms with Crippen molar-refractivity contribution in [2.75, 3.05) is 37.6 Å². The summed E-state index contributed by atoms with van der Waals surface area (Å²) in [5, 5.41) is 2.98. The van der Waals surface area contributed by atoms with Gasteiger partial charge < -0.3 is 14.8 Å². The van der Waals surface area contributed by atoms with Crippen LogP contribution in [-0.2, 0) is 14.8 Å². The number of pyridine rings is 1. The maximum Gasteiger partial charge on any atom is 0.280 e. The molecule has 2 aliphatic rings. The van der Waals surface area contributed by atoms with E-state index in [2.05, 4.69) is 41.8 Å². The molecule has 4 heterocycles. The summed E-state index contributed by atoms with van der Waals surface area (Å²) < 4.78 is 38.7. The van der Waals surface area contributed by atoms with Crippen LogP contribution in [0, 0.1) is 0 Å². The maximum absolute atomic E-state index is 13.4. The Bertz CT molecular complexity index is 1410. The Morgan fingerprint density at radius 2 is 2.13 bits per heavy atom. The summed E-state index contributed by atoms with van der Waals surface area (Å²) in [6, 6.07) is 2.93. The maximum atomic E-state index is 13.4. The lowest BCUT2D eigenvalue weighted by atomic mass is 10.1. The summed E-state index contributed by atoms with van der Waals surface area (Å²) in [6.07, 6.45) is 7.59. The number of carbonyl (C=O) groups excluding carboxylic acids is 1. The Kier molecular flexibility index (Phi) is 8.35. The van der Waals surface area contributed by atoms with Gasteiger partial charge in [-0.25, -0.2) is 18.4 Å². The number of anilines is 1. The molecule has 3 aromatic heterocycles. The van der Waals surface area contributed by atoms with Crippen molar-refractivity contribution in [3.63, 3.8) is 0 Å². The Balaban J connectivity index is 1.36. The standard InChI is InChI=1S/C25H31N7O5S2/c1-3-37-23-13-26-11-20(29-23)22-12-28-25(38-22)24(33)30-21(14-32-8-9-36-15-16(32)2)19-10-17(6-7-27-19)31-39(34,35)18-4-5-18/h6-7,10-13,16,18,21H,3-5,8-9,14-15H2,1-2H3,(H,27,31)(H,30,33)/t16-,21+/m0/s1. The van der Waals surface area contributed by atoms with Gasteiger partial charge in [0, 0.05) is 31.5 Å². The number of sulfonamides is 1. The molecule has 0 spiro atoms. The molecule has 1 aliphatic carbocycles. The number of amides is 1. The van der Waals surface area contributed by atoms with Crippen molar-refractivity contribution in [2.45, 2.75) is 44.0 Å². The molecule has 14 heteroatoms. The molecule has 0 radical (unpaired) electrons. The Morgan fingerprint density at radius 1 is 1.28 bits per heavy atom. The molecule has 1 amide bonds. The average molecular weight is 574 g/mol. The number of carbonyl (C=O) groups is 1. The normalized spacial score (nSPS) is 18.9. The SMILES string of the molecule is CCOc1cncc(-c2cnc(C(=O)N[C@H](CN3CCOC[C@@H]3C)c3cc(NS(=O)(=O)C4CC4)ccn3)s2)n1. The fourth-order valence-corrected chi connectivity index (χ4v) is 6.36. The van der Waals surface area contributed by atoms with Gasteiger partial charge in [0.1, 0.15) is 5.69 Å². The van der Waals surface area contributed by atoms with Crippen LogP contribution in [0.25, 0.3) is 10.6 Å². The molecule has 39 heavy (non-hydrogen) atoms. The fraction of sp³-hybridized carbons (Fsp3) is 0.480. The molecular formula is C25H31N7O5S2. The minimum atomic E-state index is -3.44. The molecule has 208 valence electrons. The number of nitrogens with one attached hydrogen (secondary N) is 2. The first-order valence-electron chi connectivity index (χ1n) is 12.8. The van der Waals surface area contributed by atoms with E-state index in [1.807, 2.05) is 6.92 Å². The van der Waals surface area contributed by atoms with Crippen LogP contribution in [0.5, 0.6) is 5.88 Å². The van der Waals surface area contributed by atoms with E-state index in [9.17, 15) is 13.2 Å². The first-order valence-corrected chi connectivity index (χ1v) is 15.2. The minimum absolute atomic E-state index is 0.150. The largest absolute Gasteiger partial charge is 0.477 e. The number of rotatable bonds is 11. The Morgan fingerprint density at radius 3 is 2.90 bits per heavy atom. The van der Waals surface area contributed by atoms with Crippen molar-refractivity contribution < 1.29 is 22.7 Å². The number of morpholine rings is 1. The van der Waals surface area contributed by atoms with Gasteiger partial charge in [-0.15, -0.1) is 11.3 Å². The topological polar surface area (TPSA) is 149 Å². The lowest BCUT2D eigenvalue weighted by Crippen LogP contribution is -2.48. The molecule has 1 aliphatic heterocycles. The first kappa shape index (κ1) is 27.4. The van der Waals surface area contributed by atoms with E-state index in [-0.39, 0.29) is 22.2 Å². The molecule has 0 aromatic carbocycles. The van der Waals surface area contributed by atoms with Crippen LogP contribution in [-0.4, -0.2) is 83.4 Å². The van der Waals surface area contributed by atoms with Gasteiger partial charge in [0.15, 0.2) is 5.01 Å². The quantitative estimate of drug-likeness (QED) is 0.350. The molecule has 0 unspecified atom stereocenters. The molecule has 3 aromatic rings. The Labute approximate surface area is 231 Å². The van der Waals surface area contributed by atoms with Gasteiger partial charge in [0.2, 0.25) is 15.9 Å². The third-order valence-electron chi connectivity index (χ3n) is 6.45. The zero-order chi connectivity index (χ0) is 27.4. The summed E-state index contributed by atoms with van der Waals surface area (Å²) in [7, 11) is -3.44. The van der Waals surface area contributed by atoms with Crippen molar-refractivity contribution in [2.24, 2.45) is 0 Å². The molecule has 2 atom stereocenters. The highest BCUT2D eigenvalue weighted by molar-refractivity contribution is 7.93. The van der Waals surface area contributed by atoms with Crippen LogP contribution in [0.2, 0.25) is 0 Å². The van der Waals surface area contributed by atoms with Crippen LogP contribution in [0.4, 0.5) is 5.69 Å². The van der Waals surface area contributed by atoms with E-state index in [1.165, 1.54) is 17.5 Å². The predicted molar refractivity (Wildman–Crippen MR) is 146 cm³/mol. The molecule has 1 saturated carbocycles. The van der Waals surface area contributed by atoms with Crippen molar-refractivity contribution in [3.05, 3.63) is 47.6 Å². The molecule has 12 nitrogen and oxygen atoms in total. The van der Waals surface area contributed by atoms with Crippen molar-refractivity contribution in [3.8, 4) is 16.5 Å². The highest BCUT2D eigenvalue weighted by Gasteiger charge is 2.36. The predicted octanol–water partition coefficient (Wildman–Crippen LogP) is 2.49. The smallest absolute Gasteiger partial charge is 0.280 e. The molecule has 5 rings (SSSR count). The zero-order valence-electron chi connectivity index (χ0n) is 21.7. The highest BCUT2D eigenvalue weighted by Crippen LogP contribution is 2.30. The summed E-state index contributed by atoms with van der Waals surface area (Å²) in [5.41, 5.74) is 1.53. The number of nitrogens with zero attached hydrogens (tertiary/aromatic N) is 5. The van der Waals surface area contributed by atoms with E-state index >= 15 is 0 Å². The minimum Gasteiger partial charge on any atom is -0.477 e. The van der Waals surface area contributed by atoms with Crippen LogP contribution < -0.4 is 14.8 Å². The molecule has 2 N–H and O–H groups in total. The summed E-state index contributed by atoms with van der Waals surface area (Å²) in [6.45, 7) is 6.76. The number of thiazole rings is 1. The van der Waals surface area contributed by atoms with Crippen LogP contribution in [0.3, 0.4) is 0 Å². The second kappa shape index (κ2) is 11.9. The lowest BCUT2D eigenvalue weighted by Gasteiger charge is -2.35. The monoisotopic (exact) mass is 573 g/mol. The van der Waals surface area contributed by atoms with Crippen molar-refractivity contribution >= 4 is 33.0 Å². The second-order valence-corrected chi connectivity index (χ2v) is 12.5. The molecule has 0 bridgehead atoms. The lowest BCUT2D eigenvalue weighted by molar-refractivity contribution is -0.00449. The third-order valence-corrected chi connectivity index (χ3v) is 9.33. The van der Waals surface area contributed by atoms with Crippen molar-refractivity contribution in [1.82, 2.24) is 30.2 Å². The second-order valence-electron chi connectivity index (χ2n) is 9.47. The van der Waals surface area contributed by atoms with Gasteiger partial charge in [-0.3, -0.25) is 24.4 Å².